The second-order valence-corrected chi connectivity index (χ2v) is 11.2. The summed E-state index contributed by atoms with van der Waals surface area (Å²) in [6, 6.07) is 6.36. The Bertz CT molecular complexity index is 1110. The largest absolute Gasteiger partial charge is 0.444 e. The molecule has 5 unspecified atom stereocenters. The second kappa shape index (κ2) is 11.4. The summed E-state index contributed by atoms with van der Waals surface area (Å²) < 4.78 is 5.40. The van der Waals surface area contributed by atoms with E-state index in [0.29, 0.717) is 24.2 Å². The molecule has 4 amide bonds. The molecule has 0 aromatic heterocycles. The number of benzene rings is 1. The Balaban J connectivity index is 1.78. The molecule has 0 radical (unpaired) electrons. The second-order valence-electron chi connectivity index (χ2n) is 11.2. The van der Waals surface area contributed by atoms with E-state index < -0.39 is 35.7 Å². The highest BCUT2D eigenvalue weighted by Gasteiger charge is 2.46. The minimum absolute atomic E-state index is 0.0543. The van der Waals surface area contributed by atoms with Gasteiger partial charge in [-0.2, -0.15) is 5.26 Å². The van der Waals surface area contributed by atoms with Crippen molar-refractivity contribution in [3.8, 4) is 6.07 Å². The van der Waals surface area contributed by atoms with Gasteiger partial charge in [0.05, 0.1) is 12.1 Å². The van der Waals surface area contributed by atoms with E-state index in [1.165, 1.54) is 0 Å². The van der Waals surface area contributed by atoms with E-state index >= 15 is 0 Å². The average Bonchev–Trinajstić information content (AvgIpc) is 3.41. The fourth-order valence-corrected chi connectivity index (χ4v) is 4.76. The molecule has 1 aromatic rings. The van der Waals surface area contributed by atoms with E-state index in [0.717, 1.165) is 6.42 Å². The highest BCUT2D eigenvalue weighted by molar-refractivity contribution is 6.00. The molecule has 1 aliphatic heterocycles. The average molecular weight is 527 g/mol. The Hall–Kier alpha value is -3.65. The molecule has 1 saturated carbocycles. The van der Waals surface area contributed by atoms with Crippen LogP contribution in [0.2, 0.25) is 0 Å². The lowest BCUT2D eigenvalue weighted by Crippen LogP contribution is -2.57. The van der Waals surface area contributed by atoms with Crippen molar-refractivity contribution in [3.63, 3.8) is 0 Å². The number of likely N-dealkylation sites (N-methyl/N-ethyl adjacent to an activating group) is 1. The van der Waals surface area contributed by atoms with Crippen molar-refractivity contribution in [2.45, 2.75) is 77.2 Å². The van der Waals surface area contributed by atoms with Crippen molar-refractivity contribution in [2.75, 3.05) is 25.0 Å². The highest BCUT2D eigenvalue weighted by atomic mass is 16.6. The SMILES string of the molecule is CC1CC1N(C(=O)C(CN(C)C1CCN(c2ccc(C(N)=O)cc2)C1=O)NC(=O)OC(C)(C)C)C(C)C#N. The Morgan fingerprint density at radius 2 is 1.87 bits per heavy atom. The summed E-state index contributed by atoms with van der Waals surface area (Å²) in [5, 5.41) is 12.3. The number of alkyl carbamates (subject to hydrolysis) is 1. The van der Waals surface area contributed by atoms with Gasteiger partial charge in [-0.15, -0.1) is 0 Å². The van der Waals surface area contributed by atoms with Crippen molar-refractivity contribution in [1.82, 2.24) is 15.1 Å². The molecule has 5 atom stereocenters. The van der Waals surface area contributed by atoms with Crippen LogP contribution in [0.3, 0.4) is 0 Å². The van der Waals surface area contributed by atoms with E-state index in [2.05, 4.69) is 11.4 Å². The van der Waals surface area contributed by atoms with Gasteiger partial charge in [0.15, 0.2) is 0 Å². The molecule has 206 valence electrons. The Morgan fingerprint density at radius 3 is 2.37 bits per heavy atom. The van der Waals surface area contributed by atoms with Gasteiger partial charge in [0, 0.05) is 30.4 Å². The molecule has 0 bridgehead atoms. The molecule has 0 spiro atoms. The monoisotopic (exact) mass is 526 g/mol. The predicted molar refractivity (Wildman–Crippen MR) is 141 cm³/mol. The lowest BCUT2D eigenvalue weighted by Gasteiger charge is -2.33. The summed E-state index contributed by atoms with van der Waals surface area (Å²) in [7, 11) is 1.73. The number of hydrogen-bond donors (Lipinski definition) is 2. The molecule has 1 aromatic carbocycles. The normalized spacial score (nSPS) is 22.4. The molecular weight excluding hydrogens is 488 g/mol. The molecule has 3 rings (SSSR count). The van der Waals surface area contributed by atoms with Crippen LogP contribution in [0.1, 0.15) is 57.8 Å². The van der Waals surface area contributed by atoms with Gasteiger partial charge in [-0.25, -0.2) is 4.79 Å². The summed E-state index contributed by atoms with van der Waals surface area (Å²) in [5.74, 6) is -0.813. The summed E-state index contributed by atoms with van der Waals surface area (Å²) >= 11 is 0. The number of primary amides is 1. The number of ether oxygens (including phenoxy) is 1. The maximum Gasteiger partial charge on any atom is 0.408 e. The Morgan fingerprint density at radius 1 is 1.26 bits per heavy atom. The van der Waals surface area contributed by atoms with Crippen LogP contribution in [0.5, 0.6) is 0 Å². The summed E-state index contributed by atoms with van der Waals surface area (Å²) in [4.78, 5) is 56.0. The molecule has 2 aliphatic rings. The zero-order valence-electron chi connectivity index (χ0n) is 22.9. The first-order valence-corrected chi connectivity index (χ1v) is 12.9. The van der Waals surface area contributed by atoms with E-state index in [4.69, 9.17) is 10.5 Å². The van der Waals surface area contributed by atoms with Gasteiger partial charge in [-0.05, 0) is 77.8 Å². The molecule has 11 nitrogen and oxygen atoms in total. The Labute approximate surface area is 223 Å². The van der Waals surface area contributed by atoms with E-state index in [1.54, 1.807) is 73.7 Å². The fourth-order valence-electron chi connectivity index (χ4n) is 4.76. The van der Waals surface area contributed by atoms with Crippen LogP contribution in [0, 0.1) is 17.2 Å². The Kier molecular flexibility index (Phi) is 8.67. The lowest BCUT2D eigenvalue weighted by atomic mass is 10.1. The van der Waals surface area contributed by atoms with Gasteiger partial charge in [-0.1, -0.05) is 6.92 Å². The summed E-state index contributed by atoms with van der Waals surface area (Å²) in [6.45, 7) is 9.38. The van der Waals surface area contributed by atoms with Crippen molar-refractivity contribution in [2.24, 2.45) is 11.7 Å². The predicted octanol–water partition coefficient (Wildman–Crippen LogP) is 1.86. The smallest absolute Gasteiger partial charge is 0.408 e. The van der Waals surface area contributed by atoms with Crippen molar-refractivity contribution >= 4 is 29.5 Å². The number of carbonyl (C=O) groups is 4. The van der Waals surface area contributed by atoms with E-state index in [1.807, 2.05) is 6.92 Å². The zero-order valence-corrected chi connectivity index (χ0v) is 22.9. The number of nitrogens with two attached hydrogens (primary N) is 1. The van der Waals surface area contributed by atoms with Crippen LogP contribution in [0.25, 0.3) is 0 Å². The first-order chi connectivity index (χ1) is 17.7. The topological polar surface area (TPSA) is 149 Å². The highest BCUT2D eigenvalue weighted by Crippen LogP contribution is 2.36. The zero-order chi connectivity index (χ0) is 28.4. The maximum atomic E-state index is 13.7. The third-order valence-electron chi connectivity index (χ3n) is 6.92. The van der Waals surface area contributed by atoms with Crippen LogP contribution in [-0.4, -0.2) is 83.5 Å². The lowest BCUT2D eigenvalue weighted by molar-refractivity contribution is -0.136. The van der Waals surface area contributed by atoms with Crippen LogP contribution < -0.4 is 16.0 Å². The number of nitrogens with zero attached hydrogens (tertiary/aromatic N) is 4. The number of nitrogens with one attached hydrogen (secondary N) is 1. The molecule has 1 saturated heterocycles. The third-order valence-corrected chi connectivity index (χ3v) is 6.92. The molecule has 11 heteroatoms. The number of nitriles is 1. The number of amides is 4. The van der Waals surface area contributed by atoms with Gasteiger partial charge in [0.25, 0.3) is 0 Å². The van der Waals surface area contributed by atoms with E-state index in [9.17, 15) is 24.4 Å². The summed E-state index contributed by atoms with van der Waals surface area (Å²) in [6.07, 6.45) is 0.557. The first kappa shape index (κ1) is 28.9. The van der Waals surface area contributed by atoms with Gasteiger partial charge in [0.2, 0.25) is 17.7 Å². The standard InChI is InChI=1S/C27H38N6O5/c1-16-13-22(16)33(17(2)14-28)24(35)20(30-26(37)38-27(3,4)5)15-31(6)21-11-12-32(25(21)36)19-9-7-18(8-10-19)23(29)34/h7-10,16-17,20-22H,11-13,15H2,1-6H3,(H2,29,34)(H,30,37). The molecular formula is C27H38N6O5. The minimum Gasteiger partial charge on any atom is -0.444 e. The number of hydrogen-bond acceptors (Lipinski definition) is 7. The van der Waals surface area contributed by atoms with Crippen LogP contribution in [-0.2, 0) is 14.3 Å². The fraction of sp³-hybridized carbons (Fsp3) is 0.593. The molecule has 1 heterocycles. The van der Waals surface area contributed by atoms with Crippen LogP contribution in [0.15, 0.2) is 24.3 Å². The van der Waals surface area contributed by atoms with Gasteiger partial charge >= 0.3 is 6.09 Å². The van der Waals surface area contributed by atoms with Crippen molar-refractivity contribution in [1.29, 1.82) is 5.26 Å². The molecule has 38 heavy (non-hydrogen) atoms. The first-order valence-electron chi connectivity index (χ1n) is 12.9. The van der Waals surface area contributed by atoms with Crippen molar-refractivity contribution in [3.05, 3.63) is 29.8 Å². The summed E-state index contributed by atoms with van der Waals surface area (Å²) in [5.41, 5.74) is 5.54. The minimum atomic E-state index is -1.02. The number of anilines is 1. The van der Waals surface area contributed by atoms with Crippen LogP contribution >= 0.6 is 0 Å². The number of carbonyl (C=O) groups excluding carboxylic acids is 4. The quantitative estimate of drug-likeness (QED) is 0.499. The van der Waals surface area contributed by atoms with E-state index in [-0.39, 0.29) is 30.3 Å². The molecule has 1 aliphatic carbocycles. The van der Waals surface area contributed by atoms with Crippen molar-refractivity contribution < 1.29 is 23.9 Å². The number of rotatable bonds is 9. The van der Waals surface area contributed by atoms with Gasteiger partial charge in [-0.3, -0.25) is 19.3 Å². The molecule has 2 fully saturated rings. The third kappa shape index (κ3) is 6.81. The van der Waals surface area contributed by atoms with Gasteiger partial charge in [0.1, 0.15) is 17.7 Å². The van der Waals surface area contributed by atoms with Crippen LogP contribution in [0.4, 0.5) is 10.5 Å². The maximum absolute atomic E-state index is 13.7. The molecule has 3 N–H and O–H groups in total. The van der Waals surface area contributed by atoms with Gasteiger partial charge < -0.3 is 25.6 Å².